The molecule has 1 aliphatic rings. The van der Waals surface area contributed by atoms with Gasteiger partial charge in [0.2, 0.25) is 0 Å². The number of hydrogen-bond donors (Lipinski definition) is 2. The van der Waals surface area contributed by atoms with Gasteiger partial charge in [-0.15, -0.1) is 0 Å². The molecule has 4 heteroatoms. The summed E-state index contributed by atoms with van der Waals surface area (Å²) in [6.07, 6.45) is 0. The number of nitrogens with two attached hydrogens (primary N) is 1. The van der Waals surface area contributed by atoms with E-state index in [1.165, 1.54) is 0 Å². The summed E-state index contributed by atoms with van der Waals surface area (Å²) in [4.78, 5) is 13.2. The number of nitrogens with zero attached hydrogens (tertiary/aromatic N) is 1. The Kier molecular flexibility index (Phi) is 2.96. The minimum atomic E-state index is -0.968. The quantitative estimate of drug-likeness (QED) is 0.769. The van der Waals surface area contributed by atoms with Gasteiger partial charge in [-0.25, -0.2) is 4.79 Å². The zero-order valence-electron chi connectivity index (χ0n) is 10.2. The van der Waals surface area contributed by atoms with Crippen LogP contribution < -0.4 is 10.6 Å². The fourth-order valence-corrected chi connectivity index (χ4v) is 2.27. The van der Waals surface area contributed by atoms with Crippen LogP contribution in [0.2, 0.25) is 0 Å². The van der Waals surface area contributed by atoms with Gasteiger partial charge in [0, 0.05) is 24.5 Å². The van der Waals surface area contributed by atoms with Gasteiger partial charge in [0.1, 0.15) is 0 Å². The van der Waals surface area contributed by atoms with Crippen molar-refractivity contribution >= 4 is 17.3 Å². The maximum absolute atomic E-state index is 11.0. The fraction of sp³-hybridized carbons (Fsp3) is 0.462. The Morgan fingerprint density at radius 2 is 1.94 bits per heavy atom. The Hall–Kier alpha value is -1.71. The Morgan fingerprint density at radius 1 is 1.35 bits per heavy atom. The highest BCUT2D eigenvalue weighted by Gasteiger charge is 2.26. The number of aromatic carboxylic acids is 1. The molecule has 2 rings (SSSR count). The van der Waals surface area contributed by atoms with E-state index in [9.17, 15) is 4.79 Å². The molecule has 92 valence electrons. The lowest BCUT2D eigenvalue weighted by atomic mass is 10.0. The first-order chi connectivity index (χ1) is 7.99. The van der Waals surface area contributed by atoms with Crippen LogP contribution in [0.3, 0.4) is 0 Å². The number of benzene rings is 1. The van der Waals surface area contributed by atoms with Crippen molar-refractivity contribution in [3.05, 3.63) is 23.8 Å². The Labute approximate surface area is 101 Å². The molecule has 2 atom stereocenters. The van der Waals surface area contributed by atoms with E-state index >= 15 is 0 Å². The minimum absolute atomic E-state index is 0.190. The molecule has 1 heterocycles. The highest BCUT2D eigenvalue weighted by atomic mass is 16.4. The second-order valence-corrected chi connectivity index (χ2v) is 4.94. The predicted molar refractivity (Wildman–Crippen MR) is 68.4 cm³/mol. The van der Waals surface area contributed by atoms with Gasteiger partial charge in [0.05, 0.1) is 5.56 Å². The van der Waals surface area contributed by atoms with Crippen LogP contribution in [-0.2, 0) is 0 Å². The third-order valence-electron chi connectivity index (χ3n) is 3.62. The van der Waals surface area contributed by atoms with Crippen LogP contribution in [0.15, 0.2) is 18.2 Å². The van der Waals surface area contributed by atoms with Gasteiger partial charge in [-0.3, -0.25) is 0 Å². The molecule has 1 aliphatic heterocycles. The summed E-state index contributed by atoms with van der Waals surface area (Å²) in [6.45, 7) is 6.40. The first-order valence-electron chi connectivity index (χ1n) is 5.87. The molecule has 17 heavy (non-hydrogen) atoms. The minimum Gasteiger partial charge on any atom is -0.478 e. The van der Waals surface area contributed by atoms with E-state index in [-0.39, 0.29) is 5.56 Å². The summed E-state index contributed by atoms with van der Waals surface area (Å²) in [7, 11) is 0. The third-order valence-corrected chi connectivity index (χ3v) is 3.62. The molecule has 1 saturated heterocycles. The summed E-state index contributed by atoms with van der Waals surface area (Å²) in [5, 5.41) is 9.04. The van der Waals surface area contributed by atoms with Crippen molar-refractivity contribution in [2.75, 3.05) is 23.7 Å². The number of anilines is 2. The van der Waals surface area contributed by atoms with Crippen molar-refractivity contribution in [2.45, 2.75) is 13.8 Å². The van der Waals surface area contributed by atoms with E-state index in [1.807, 2.05) is 6.07 Å². The van der Waals surface area contributed by atoms with Crippen molar-refractivity contribution < 1.29 is 9.90 Å². The second-order valence-electron chi connectivity index (χ2n) is 4.94. The van der Waals surface area contributed by atoms with Gasteiger partial charge in [-0.2, -0.15) is 0 Å². The molecular formula is C13H18N2O2. The molecule has 2 unspecified atom stereocenters. The van der Waals surface area contributed by atoms with Crippen molar-refractivity contribution in [3.63, 3.8) is 0 Å². The molecule has 4 nitrogen and oxygen atoms in total. The molecule has 0 radical (unpaired) electrons. The van der Waals surface area contributed by atoms with Crippen LogP contribution >= 0.6 is 0 Å². The van der Waals surface area contributed by atoms with Gasteiger partial charge in [0.25, 0.3) is 0 Å². The van der Waals surface area contributed by atoms with Crippen LogP contribution in [0.4, 0.5) is 11.4 Å². The molecule has 1 aromatic rings. The Balaban J connectivity index is 2.28. The monoisotopic (exact) mass is 234 g/mol. The first-order valence-corrected chi connectivity index (χ1v) is 5.87. The summed E-state index contributed by atoms with van der Waals surface area (Å²) in [5.74, 6) is 0.311. The second kappa shape index (κ2) is 4.28. The number of rotatable bonds is 2. The maximum atomic E-state index is 11.0. The number of nitrogen functional groups attached to an aromatic ring is 1. The highest BCUT2D eigenvalue weighted by Crippen LogP contribution is 2.29. The molecule has 0 saturated carbocycles. The number of carboxylic acids is 1. The van der Waals surface area contributed by atoms with E-state index in [0.717, 1.165) is 18.8 Å². The van der Waals surface area contributed by atoms with Crippen molar-refractivity contribution in [1.29, 1.82) is 0 Å². The summed E-state index contributed by atoms with van der Waals surface area (Å²) in [6, 6.07) is 5.24. The Bertz CT molecular complexity index is 435. The average Bonchev–Trinajstić information content (AvgIpc) is 2.59. The van der Waals surface area contributed by atoms with Gasteiger partial charge in [0.15, 0.2) is 0 Å². The zero-order chi connectivity index (χ0) is 12.6. The van der Waals surface area contributed by atoms with Crippen LogP contribution in [0.1, 0.15) is 24.2 Å². The predicted octanol–water partition coefficient (Wildman–Crippen LogP) is 2.06. The van der Waals surface area contributed by atoms with Crippen LogP contribution in [0.25, 0.3) is 0 Å². The molecule has 1 aromatic carbocycles. The van der Waals surface area contributed by atoms with E-state index < -0.39 is 5.97 Å². The number of carboxylic acid groups (broad SMARTS) is 1. The molecule has 1 fully saturated rings. The summed E-state index contributed by atoms with van der Waals surface area (Å²) >= 11 is 0. The van der Waals surface area contributed by atoms with E-state index in [4.69, 9.17) is 10.8 Å². The standard InChI is InChI=1S/C13H18N2O2/c1-8-6-15(7-9(8)2)10-3-4-12(14)11(5-10)13(16)17/h3-5,8-9H,6-7,14H2,1-2H3,(H,16,17). The van der Waals surface area contributed by atoms with Crippen LogP contribution in [-0.4, -0.2) is 24.2 Å². The Morgan fingerprint density at radius 3 is 2.47 bits per heavy atom. The van der Waals surface area contributed by atoms with Crippen LogP contribution in [0.5, 0.6) is 0 Å². The van der Waals surface area contributed by atoms with Crippen molar-refractivity contribution in [2.24, 2.45) is 11.8 Å². The van der Waals surface area contributed by atoms with E-state index in [1.54, 1.807) is 12.1 Å². The highest BCUT2D eigenvalue weighted by molar-refractivity contribution is 5.94. The summed E-state index contributed by atoms with van der Waals surface area (Å²) in [5.41, 5.74) is 7.11. The fourth-order valence-electron chi connectivity index (χ4n) is 2.27. The first kappa shape index (κ1) is 11.8. The normalized spacial score (nSPS) is 24.0. The lowest BCUT2D eigenvalue weighted by Gasteiger charge is -2.19. The van der Waals surface area contributed by atoms with Crippen molar-refractivity contribution in [1.82, 2.24) is 0 Å². The number of hydrogen-bond acceptors (Lipinski definition) is 3. The third kappa shape index (κ3) is 2.20. The molecule has 0 spiro atoms. The van der Waals surface area contributed by atoms with E-state index in [2.05, 4.69) is 18.7 Å². The topological polar surface area (TPSA) is 66.6 Å². The SMILES string of the molecule is CC1CN(c2ccc(N)c(C(=O)O)c2)CC1C. The van der Waals surface area contributed by atoms with Gasteiger partial charge in [-0.1, -0.05) is 13.8 Å². The number of carbonyl (C=O) groups is 1. The molecule has 0 amide bonds. The zero-order valence-corrected chi connectivity index (χ0v) is 10.2. The molecule has 0 aliphatic carbocycles. The van der Waals surface area contributed by atoms with Gasteiger partial charge in [-0.05, 0) is 30.0 Å². The van der Waals surface area contributed by atoms with Gasteiger partial charge < -0.3 is 15.7 Å². The molecule has 0 aromatic heterocycles. The lowest BCUT2D eigenvalue weighted by molar-refractivity contribution is 0.0698. The lowest BCUT2D eigenvalue weighted by Crippen LogP contribution is -2.20. The van der Waals surface area contributed by atoms with Crippen molar-refractivity contribution in [3.8, 4) is 0 Å². The molecular weight excluding hydrogens is 216 g/mol. The maximum Gasteiger partial charge on any atom is 0.337 e. The van der Waals surface area contributed by atoms with E-state index in [0.29, 0.717) is 17.5 Å². The summed E-state index contributed by atoms with van der Waals surface area (Å²) < 4.78 is 0. The average molecular weight is 234 g/mol. The van der Waals surface area contributed by atoms with Crippen LogP contribution in [0, 0.1) is 11.8 Å². The molecule has 3 N–H and O–H groups in total. The smallest absolute Gasteiger partial charge is 0.337 e. The largest absolute Gasteiger partial charge is 0.478 e. The molecule has 0 bridgehead atoms. The van der Waals surface area contributed by atoms with Gasteiger partial charge >= 0.3 is 5.97 Å².